The number of carbonyl (C=O) groups excluding carboxylic acids is 1. The summed E-state index contributed by atoms with van der Waals surface area (Å²) in [4.78, 5) is 11.0. The Balaban J connectivity index is 0.00000288. The number of amides is 1. The van der Waals surface area contributed by atoms with Gasteiger partial charge in [0.2, 0.25) is 0 Å². The molecule has 0 heterocycles. The van der Waals surface area contributed by atoms with E-state index in [0.29, 0.717) is 18.0 Å². The van der Waals surface area contributed by atoms with Crippen LogP contribution in [0, 0.1) is 6.92 Å². The normalized spacial score (nSPS) is 9.92. The molecule has 2 aromatic carbocycles. The highest BCUT2D eigenvalue weighted by Gasteiger charge is 2.11. The first kappa shape index (κ1) is 19.8. The number of methoxy groups -OCH3 is 1. The lowest BCUT2D eigenvalue weighted by Crippen LogP contribution is -2.21. The molecule has 0 fully saturated rings. The van der Waals surface area contributed by atoms with Gasteiger partial charge in [0.15, 0.2) is 18.1 Å². The largest absolute Gasteiger partial charge is 0.493 e. The number of aryl methyl sites for hydroxylation is 1. The average Bonchev–Trinajstić information content (AvgIpc) is 2.55. The Morgan fingerprint density at radius 1 is 1.12 bits per heavy atom. The highest BCUT2D eigenvalue weighted by molar-refractivity contribution is 5.85. The van der Waals surface area contributed by atoms with Crippen LogP contribution in [0.2, 0.25) is 0 Å². The van der Waals surface area contributed by atoms with Crippen molar-refractivity contribution in [1.82, 2.24) is 5.32 Å². The third-order valence-electron chi connectivity index (χ3n) is 3.40. The first-order valence-electron chi connectivity index (χ1n) is 7.43. The van der Waals surface area contributed by atoms with Crippen molar-refractivity contribution in [1.29, 1.82) is 0 Å². The van der Waals surface area contributed by atoms with E-state index in [4.69, 9.17) is 15.2 Å². The van der Waals surface area contributed by atoms with Gasteiger partial charge in [-0.25, -0.2) is 0 Å². The highest BCUT2D eigenvalue weighted by atomic mass is 35.5. The Bertz CT molecular complexity index is 660. The lowest BCUT2D eigenvalue weighted by molar-refractivity contribution is -0.119. The van der Waals surface area contributed by atoms with E-state index in [1.165, 1.54) is 11.1 Å². The number of nitrogens with two attached hydrogens (primary N) is 1. The van der Waals surface area contributed by atoms with E-state index in [2.05, 4.69) is 36.5 Å². The molecule has 0 spiro atoms. The quantitative estimate of drug-likeness (QED) is 0.767. The van der Waals surface area contributed by atoms with Crippen LogP contribution >= 0.6 is 12.4 Å². The minimum atomic E-state index is -0.519. The second-order valence-electron chi connectivity index (χ2n) is 5.29. The summed E-state index contributed by atoms with van der Waals surface area (Å²) in [5.41, 5.74) is 8.51. The summed E-state index contributed by atoms with van der Waals surface area (Å²) < 4.78 is 10.8. The number of primary amides is 1. The van der Waals surface area contributed by atoms with Crippen LogP contribution in [-0.2, 0) is 17.9 Å². The maximum absolute atomic E-state index is 11.0. The second-order valence-corrected chi connectivity index (χ2v) is 5.29. The number of nitrogens with one attached hydrogen (secondary N) is 1. The summed E-state index contributed by atoms with van der Waals surface area (Å²) >= 11 is 0. The first-order chi connectivity index (χ1) is 11.1. The SMILES string of the molecule is COc1cccc(CNCc2ccc(C)cc2)c1OCC(N)=O.Cl. The van der Waals surface area contributed by atoms with Crippen LogP contribution in [0.5, 0.6) is 11.5 Å². The summed E-state index contributed by atoms with van der Waals surface area (Å²) in [6, 6.07) is 14.0. The number of benzene rings is 2. The van der Waals surface area contributed by atoms with Gasteiger partial charge in [-0.2, -0.15) is 0 Å². The summed E-state index contributed by atoms with van der Waals surface area (Å²) in [6.45, 7) is 3.23. The van der Waals surface area contributed by atoms with Crippen molar-refractivity contribution in [3.05, 3.63) is 59.2 Å². The fraction of sp³-hybridized carbons (Fsp3) is 0.278. The third kappa shape index (κ3) is 5.76. The van der Waals surface area contributed by atoms with Gasteiger partial charge >= 0.3 is 0 Å². The Morgan fingerprint density at radius 2 is 1.83 bits per heavy atom. The van der Waals surface area contributed by atoms with E-state index in [1.54, 1.807) is 13.2 Å². The van der Waals surface area contributed by atoms with Gasteiger partial charge in [0.05, 0.1) is 7.11 Å². The molecule has 5 nitrogen and oxygen atoms in total. The number of hydrogen-bond donors (Lipinski definition) is 2. The Hall–Kier alpha value is -2.24. The molecular formula is C18H23ClN2O3. The molecule has 2 rings (SSSR count). The van der Waals surface area contributed by atoms with Crippen LogP contribution in [0.25, 0.3) is 0 Å². The zero-order valence-electron chi connectivity index (χ0n) is 13.9. The first-order valence-corrected chi connectivity index (χ1v) is 7.43. The number of rotatable bonds is 8. The summed E-state index contributed by atoms with van der Waals surface area (Å²) in [5.74, 6) is 0.612. The van der Waals surface area contributed by atoms with E-state index in [0.717, 1.165) is 12.1 Å². The van der Waals surface area contributed by atoms with Gasteiger partial charge in [-0.15, -0.1) is 12.4 Å². The molecule has 3 N–H and O–H groups in total. The minimum absolute atomic E-state index is 0. The fourth-order valence-electron chi connectivity index (χ4n) is 2.22. The lowest BCUT2D eigenvalue weighted by Gasteiger charge is -2.15. The molecule has 0 saturated carbocycles. The second kappa shape index (κ2) is 9.80. The van der Waals surface area contributed by atoms with Crippen molar-refractivity contribution in [2.75, 3.05) is 13.7 Å². The van der Waals surface area contributed by atoms with Gasteiger partial charge < -0.3 is 20.5 Å². The standard InChI is InChI=1S/C18H22N2O3.ClH/c1-13-6-8-14(9-7-13)10-20-11-15-4-3-5-16(22-2)18(15)23-12-17(19)21;/h3-9,20H,10-12H2,1-2H3,(H2,19,21);1H. The molecule has 2 aromatic rings. The molecule has 130 valence electrons. The van der Waals surface area contributed by atoms with Gasteiger partial charge in [0.25, 0.3) is 5.91 Å². The van der Waals surface area contributed by atoms with Crippen molar-refractivity contribution in [2.45, 2.75) is 20.0 Å². The molecule has 0 atom stereocenters. The molecule has 1 amide bonds. The number of ether oxygens (including phenoxy) is 2. The molecule has 0 aliphatic heterocycles. The summed E-state index contributed by atoms with van der Waals surface area (Å²) in [5, 5.41) is 3.37. The minimum Gasteiger partial charge on any atom is -0.493 e. The molecule has 0 aliphatic carbocycles. The molecule has 0 bridgehead atoms. The topological polar surface area (TPSA) is 73.6 Å². The number of halogens is 1. The molecule has 24 heavy (non-hydrogen) atoms. The van der Waals surface area contributed by atoms with Crippen LogP contribution in [-0.4, -0.2) is 19.6 Å². The number of hydrogen-bond acceptors (Lipinski definition) is 4. The highest BCUT2D eigenvalue weighted by Crippen LogP contribution is 2.31. The molecule has 0 aliphatic rings. The van der Waals surface area contributed by atoms with E-state index in [1.807, 2.05) is 12.1 Å². The summed E-state index contributed by atoms with van der Waals surface area (Å²) in [6.07, 6.45) is 0. The van der Waals surface area contributed by atoms with Crippen molar-refractivity contribution in [3.8, 4) is 11.5 Å². The number of carbonyl (C=O) groups is 1. The zero-order valence-corrected chi connectivity index (χ0v) is 14.7. The smallest absolute Gasteiger partial charge is 0.255 e. The Kier molecular flexibility index (Phi) is 8.09. The lowest BCUT2D eigenvalue weighted by atomic mass is 10.1. The van der Waals surface area contributed by atoms with Crippen molar-refractivity contribution >= 4 is 18.3 Å². The van der Waals surface area contributed by atoms with Crippen molar-refractivity contribution in [2.24, 2.45) is 5.73 Å². The van der Waals surface area contributed by atoms with Crippen LogP contribution in [0.4, 0.5) is 0 Å². The van der Waals surface area contributed by atoms with Crippen LogP contribution in [0.1, 0.15) is 16.7 Å². The predicted octanol–water partition coefficient (Wildman–Crippen LogP) is 2.58. The Morgan fingerprint density at radius 3 is 2.46 bits per heavy atom. The van der Waals surface area contributed by atoms with E-state index in [-0.39, 0.29) is 19.0 Å². The van der Waals surface area contributed by atoms with E-state index < -0.39 is 5.91 Å². The molecule has 0 radical (unpaired) electrons. The van der Waals surface area contributed by atoms with Crippen molar-refractivity contribution in [3.63, 3.8) is 0 Å². The maximum Gasteiger partial charge on any atom is 0.255 e. The molecule has 0 unspecified atom stereocenters. The van der Waals surface area contributed by atoms with Crippen LogP contribution in [0.3, 0.4) is 0 Å². The molecule has 0 aromatic heterocycles. The molecule has 6 heteroatoms. The molecule has 0 saturated heterocycles. The number of para-hydroxylation sites is 1. The average molecular weight is 351 g/mol. The van der Waals surface area contributed by atoms with E-state index >= 15 is 0 Å². The van der Waals surface area contributed by atoms with Gasteiger partial charge in [0.1, 0.15) is 0 Å². The zero-order chi connectivity index (χ0) is 16.7. The monoisotopic (exact) mass is 350 g/mol. The van der Waals surface area contributed by atoms with Gasteiger partial charge in [-0.3, -0.25) is 4.79 Å². The fourth-order valence-corrected chi connectivity index (χ4v) is 2.22. The molecular weight excluding hydrogens is 328 g/mol. The van der Waals surface area contributed by atoms with E-state index in [9.17, 15) is 4.79 Å². The van der Waals surface area contributed by atoms with Gasteiger partial charge in [0, 0.05) is 18.7 Å². The Labute approximate surface area is 148 Å². The van der Waals surface area contributed by atoms with Gasteiger partial charge in [-0.1, -0.05) is 42.0 Å². The van der Waals surface area contributed by atoms with Gasteiger partial charge in [-0.05, 0) is 18.6 Å². The summed E-state index contributed by atoms with van der Waals surface area (Å²) in [7, 11) is 1.57. The van der Waals surface area contributed by atoms with Crippen LogP contribution in [0.15, 0.2) is 42.5 Å². The third-order valence-corrected chi connectivity index (χ3v) is 3.40. The van der Waals surface area contributed by atoms with Crippen molar-refractivity contribution < 1.29 is 14.3 Å². The van der Waals surface area contributed by atoms with Crippen LogP contribution < -0.4 is 20.5 Å². The predicted molar refractivity (Wildman–Crippen MR) is 96.7 cm³/mol. The maximum atomic E-state index is 11.0.